The van der Waals surface area contributed by atoms with Gasteiger partial charge in [0.15, 0.2) is 6.61 Å². The minimum absolute atomic E-state index is 0.117. The van der Waals surface area contributed by atoms with Crippen LogP contribution in [-0.2, 0) is 27.3 Å². The zero-order chi connectivity index (χ0) is 32.5. The van der Waals surface area contributed by atoms with Crippen LogP contribution in [0, 0.1) is 6.92 Å². The number of carbonyl (C=O) groups is 3. The predicted molar refractivity (Wildman–Crippen MR) is 178 cm³/mol. The summed E-state index contributed by atoms with van der Waals surface area (Å²) in [6.07, 6.45) is 4.33. The molecular formula is C36H40ClN3O6. The molecule has 0 atom stereocenters. The van der Waals surface area contributed by atoms with Crippen LogP contribution in [0.15, 0.2) is 66.7 Å². The van der Waals surface area contributed by atoms with E-state index >= 15 is 0 Å². The normalized spacial score (nSPS) is 13.4. The Morgan fingerprint density at radius 2 is 1.72 bits per heavy atom. The first-order valence-corrected chi connectivity index (χ1v) is 16.0. The van der Waals surface area contributed by atoms with E-state index in [-0.39, 0.29) is 12.3 Å². The maximum absolute atomic E-state index is 13.5. The van der Waals surface area contributed by atoms with Crippen LogP contribution in [0.25, 0.3) is 10.9 Å². The van der Waals surface area contributed by atoms with E-state index in [0.717, 1.165) is 25.4 Å². The van der Waals surface area contributed by atoms with E-state index in [2.05, 4.69) is 22.3 Å². The van der Waals surface area contributed by atoms with Crippen LogP contribution in [0.2, 0.25) is 5.02 Å². The molecule has 1 fully saturated rings. The quantitative estimate of drug-likeness (QED) is 0.142. The molecule has 5 rings (SSSR count). The van der Waals surface area contributed by atoms with Gasteiger partial charge in [-0.25, -0.2) is 0 Å². The molecule has 1 amide bonds. The lowest BCUT2D eigenvalue weighted by Gasteiger charge is -2.26. The molecule has 1 aromatic heterocycles. The number of fused-ring (bicyclic) bond motifs is 1. The third kappa shape index (κ3) is 8.47. The van der Waals surface area contributed by atoms with Gasteiger partial charge in [-0.2, -0.15) is 0 Å². The van der Waals surface area contributed by atoms with Crippen molar-refractivity contribution in [3.63, 3.8) is 0 Å². The summed E-state index contributed by atoms with van der Waals surface area (Å²) in [6, 6.07) is 20.1. The van der Waals surface area contributed by atoms with Gasteiger partial charge in [0, 0.05) is 34.8 Å². The van der Waals surface area contributed by atoms with Gasteiger partial charge in [0.05, 0.1) is 25.7 Å². The van der Waals surface area contributed by atoms with E-state index in [1.54, 1.807) is 61.1 Å². The molecule has 10 heteroatoms. The maximum atomic E-state index is 13.5. The van der Waals surface area contributed by atoms with Gasteiger partial charge >= 0.3 is 5.97 Å². The maximum Gasteiger partial charge on any atom is 0.310 e. The van der Waals surface area contributed by atoms with Crippen molar-refractivity contribution in [1.29, 1.82) is 0 Å². The number of amides is 1. The van der Waals surface area contributed by atoms with Gasteiger partial charge < -0.3 is 19.5 Å². The van der Waals surface area contributed by atoms with E-state index in [1.807, 2.05) is 12.1 Å². The fourth-order valence-corrected chi connectivity index (χ4v) is 5.91. The number of ether oxygens (including phenoxy) is 3. The number of aromatic nitrogens is 1. The van der Waals surface area contributed by atoms with Crippen LogP contribution in [-0.4, -0.2) is 67.2 Å². The number of halogens is 1. The van der Waals surface area contributed by atoms with Gasteiger partial charge in [-0.15, -0.1) is 0 Å². The molecular weight excluding hydrogens is 606 g/mol. The minimum atomic E-state index is -0.577. The number of rotatable bonds is 13. The lowest BCUT2D eigenvalue weighted by Crippen LogP contribution is -2.30. The zero-order valence-corrected chi connectivity index (χ0v) is 27.1. The smallest absolute Gasteiger partial charge is 0.310 e. The van der Waals surface area contributed by atoms with Crippen molar-refractivity contribution in [2.24, 2.45) is 0 Å². The number of hydrogen-bond donors (Lipinski definition) is 1. The molecule has 0 aliphatic carbocycles. The average Bonchev–Trinajstić information content (AvgIpc) is 3.33. The average molecular weight is 646 g/mol. The summed E-state index contributed by atoms with van der Waals surface area (Å²) in [5.41, 5.74) is 3.55. The highest BCUT2D eigenvalue weighted by Crippen LogP contribution is 2.31. The molecule has 1 aliphatic rings. The Morgan fingerprint density at radius 1 is 0.935 bits per heavy atom. The van der Waals surface area contributed by atoms with Gasteiger partial charge in [-0.1, -0.05) is 30.2 Å². The number of likely N-dealkylation sites (tertiary alicyclic amines) is 1. The first-order valence-electron chi connectivity index (χ1n) is 15.7. The highest BCUT2D eigenvalue weighted by molar-refractivity contribution is 6.30. The molecule has 1 N–H and O–H groups in total. The van der Waals surface area contributed by atoms with Crippen LogP contribution in [0.4, 0.5) is 0 Å². The number of methoxy groups -OCH3 is 1. The van der Waals surface area contributed by atoms with E-state index in [4.69, 9.17) is 25.8 Å². The zero-order valence-electron chi connectivity index (χ0n) is 26.4. The highest BCUT2D eigenvalue weighted by Gasteiger charge is 2.23. The molecule has 46 heavy (non-hydrogen) atoms. The van der Waals surface area contributed by atoms with Crippen molar-refractivity contribution >= 4 is 40.3 Å². The van der Waals surface area contributed by atoms with Gasteiger partial charge in [0.2, 0.25) is 0 Å². The topological polar surface area (TPSA) is 99.1 Å². The number of benzene rings is 3. The van der Waals surface area contributed by atoms with Crippen molar-refractivity contribution in [2.75, 3.05) is 40.0 Å². The monoisotopic (exact) mass is 645 g/mol. The van der Waals surface area contributed by atoms with Crippen molar-refractivity contribution in [1.82, 2.24) is 14.8 Å². The lowest BCUT2D eigenvalue weighted by molar-refractivity contribution is -0.147. The Morgan fingerprint density at radius 3 is 2.48 bits per heavy atom. The molecule has 0 unspecified atom stereocenters. The number of carbonyl (C=O) groups excluding carboxylic acids is 3. The first kappa shape index (κ1) is 33.0. The predicted octanol–water partition coefficient (Wildman–Crippen LogP) is 5.96. The molecule has 4 aromatic rings. The van der Waals surface area contributed by atoms with Gasteiger partial charge in [-0.3, -0.25) is 23.9 Å². The first-order chi connectivity index (χ1) is 22.3. The van der Waals surface area contributed by atoms with Gasteiger partial charge in [-0.05, 0) is 105 Å². The van der Waals surface area contributed by atoms with E-state index < -0.39 is 18.5 Å². The second-order valence-corrected chi connectivity index (χ2v) is 11.9. The molecule has 2 heterocycles. The summed E-state index contributed by atoms with van der Waals surface area (Å²) in [6.45, 7) is 5.45. The SMILES string of the molecule is COc1ccc2c(c1)c(CC(=O)OCC(=O)NCCCOc1cccc(CN3CCCCC3)c1)c(C)n2C(=O)c1ccc(Cl)cc1. The number of hydrogen-bond acceptors (Lipinski definition) is 7. The lowest BCUT2D eigenvalue weighted by atomic mass is 10.1. The number of esters is 1. The third-order valence-corrected chi connectivity index (χ3v) is 8.44. The van der Waals surface area contributed by atoms with Crippen molar-refractivity contribution in [3.05, 3.63) is 94.1 Å². The standard InChI is InChI=1S/C36H40ClN3O6/c1-25-31(32-21-29(44-2)14-15-33(32)40(25)36(43)27-10-12-28(37)13-11-27)22-35(42)46-24-34(41)38-16-7-19-45-30-9-6-8-26(20-30)23-39-17-4-3-5-18-39/h6,8-15,20-21H,3-5,7,16-19,22-24H2,1-2H3,(H,38,41). The second-order valence-electron chi connectivity index (χ2n) is 11.5. The molecule has 0 bridgehead atoms. The number of nitrogens with one attached hydrogen (secondary N) is 1. The summed E-state index contributed by atoms with van der Waals surface area (Å²) in [5.74, 6) is 0.186. The summed E-state index contributed by atoms with van der Waals surface area (Å²) in [5, 5.41) is 3.99. The Hall–Kier alpha value is -4.34. The molecule has 0 radical (unpaired) electrons. The second kappa shape index (κ2) is 15.8. The minimum Gasteiger partial charge on any atom is -0.497 e. The van der Waals surface area contributed by atoms with Crippen LogP contribution in [0.1, 0.15) is 52.9 Å². The molecule has 1 saturated heterocycles. The summed E-state index contributed by atoms with van der Waals surface area (Å²) in [7, 11) is 1.55. The van der Waals surface area contributed by atoms with Crippen LogP contribution < -0.4 is 14.8 Å². The largest absolute Gasteiger partial charge is 0.497 e. The highest BCUT2D eigenvalue weighted by atomic mass is 35.5. The van der Waals surface area contributed by atoms with Crippen LogP contribution in [0.5, 0.6) is 11.5 Å². The number of nitrogens with zero attached hydrogens (tertiary/aromatic N) is 2. The molecule has 0 saturated carbocycles. The van der Waals surface area contributed by atoms with E-state index in [9.17, 15) is 14.4 Å². The number of piperidine rings is 1. The third-order valence-electron chi connectivity index (χ3n) is 8.19. The van der Waals surface area contributed by atoms with Crippen molar-refractivity contribution < 1.29 is 28.6 Å². The van der Waals surface area contributed by atoms with Crippen LogP contribution in [0.3, 0.4) is 0 Å². The van der Waals surface area contributed by atoms with E-state index in [0.29, 0.717) is 58.1 Å². The summed E-state index contributed by atoms with van der Waals surface area (Å²) >= 11 is 6.01. The van der Waals surface area contributed by atoms with Gasteiger partial charge in [0.1, 0.15) is 11.5 Å². The Balaban J connectivity index is 1.10. The fourth-order valence-electron chi connectivity index (χ4n) is 5.79. The molecule has 0 spiro atoms. The molecule has 1 aliphatic heterocycles. The van der Waals surface area contributed by atoms with Crippen LogP contribution >= 0.6 is 11.6 Å². The molecule has 9 nitrogen and oxygen atoms in total. The summed E-state index contributed by atoms with van der Waals surface area (Å²) < 4.78 is 18.2. The van der Waals surface area contributed by atoms with Crippen molar-refractivity contribution in [3.8, 4) is 11.5 Å². The van der Waals surface area contributed by atoms with Crippen molar-refractivity contribution in [2.45, 2.75) is 45.6 Å². The Bertz CT molecular complexity index is 1680. The molecule has 242 valence electrons. The Kier molecular flexibility index (Phi) is 11.3. The fraction of sp³-hybridized carbons (Fsp3) is 0.361. The van der Waals surface area contributed by atoms with Gasteiger partial charge in [0.25, 0.3) is 11.8 Å². The molecule has 3 aromatic carbocycles. The van der Waals surface area contributed by atoms with E-state index in [1.165, 1.54) is 24.8 Å². The Labute approximate surface area is 274 Å². The summed E-state index contributed by atoms with van der Waals surface area (Å²) in [4.78, 5) is 41.2.